The van der Waals surface area contributed by atoms with Crippen LogP contribution in [-0.4, -0.2) is 19.3 Å². The Morgan fingerprint density at radius 3 is 1.83 bits per heavy atom. The number of aliphatic hydroxyl groups excluding tert-OH is 1. The minimum absolute atomic E-state index is 0.141. The van der Waals surface area contributed by atoms with Crippen LogP contribution >= 0.6 is 0 Å². The van der Waals surface area contributed by atoms with E-state index in [0.717, 1.165) is 5.56 Å². The first-order valence-corrected chi connectivity index (χ1v) is 7.94. The molecule has 0 unspecified atom stereocenters. The lowest BCUT2D eigenvalue weighted by atomic mass is 10.1. The average Bonchev–Trinajstić information content (AvgIpc) is 2.61. The van der Waals surface area contributed by atoms with Crippen LogP contribution < -0.4 is 5.73 Å². The Morgan fingerprint density at radius 1 is 0.870 bits per heavy atom. The number of hydrogen-bond acceptors (Lipinski definition) is 3. The first-order chi connectivity index (χ1) is 11.2. The smallest absolute Gasteiger partial charge is 0.0713 e. The summed E-state index contributed by atoms with van der Waals surface area (Å²) in [6.07, 6.45) is 0. The predicted molar refractivity (Wildman–Crippen MR) is 100 cm³/mol. The third kappa shape index (κ3) is 12.5. The van der Waals surface area contributed by atoms with E-state index in [4.69, 9.17) is 9.84 Å². The van der Waals surface area contributed by atoms with E-state index in [9.17, 15) is 0 Å². The number of nitrogens with two attached hydrogens (primary N) is 1. The van der Waals surface area contributed by atoms with Gasteiger partial charge in [-0.3, -0.25) is 0 Å². The highest BCUT2D eigenvalue weighted by Crippen LogP contribution is 2.03. The van der Waals surface area contributed by atoms with Crippen LogP contribution in [-0.2, 0) is 18.0 Å². The normalized spacial score (nSPS) is 8.52. The maximum absolute atomic E-state index is 8.66. The second-order valence-electron chi connectivity index (χ2n) is 4.57. The van der Waals surface area contributed by atoms with Crippen molar-refractivity contribution in [3.63, 3.8) is 0 Å². The summed E-state index contributed by atoms with van der Waals surface area (Å²) in [5, 5.41) is 8.66. The molecule has 0 fully saturated rings. The number of benzene rings is 2. The Kier molecular flexibility index (Phi) is 17.1. The van der Waals surface area contributed by atoms with Gasteiger partial charge < -0.3 is 15.6 Å². The van der Waals surface area contributed by atoms with E-state index in [1.807, 2.05) is 45.0 Å². The van der Waals surface area contributed by atoms with Gasteiger partial charge in [0, 0.05) is 7.11 Å². The monoisotopic (exact) mass is 319 g/mol. The number of methoxy groups -OCH3 is 1. The summed E-state index contributed by atoms with van der Waals surface area (Å²) < 4.78 is 4.97. The van der Waals surface area contributed by atoms with Gasteiger partial charge in [0.15, 0.2) is 0 Å². The van der Waals surface area contributed by atoms with Gasteiger partial charge in [0.1, 0.15) is 0 Å². The maximum Gasteiger partial charge on any atom is 0.0713 e. The predicted octanol–water partition coefficient (Wildman–Crippen LogP) is 4.23. The Balaban J connectivity index is 0. The molecule has 2 aromatic rings. The molecule has 0 bridgehead atoms. The van der Waals surface area contributed by atoms with Crippen LogP contribution in [0.3, 0.4) is 0 Å². The highest BCUT2D eigenvalue weighted by Gasteiger charge is 1.88. The highest BCUT2D eigenvalue weighted by molar-refractivity contribution is 5.21. The molecule has 0 aliphatic heterocycles. The van der Waals surface area contributed by atoms with E-state index in [1.165, 1.54) is 23.7 Å². The first-order valence-electron chi connectivity index (χ1n) is 7.94. The summed E-state index contributed by atoms with van der Waals surface area (Å²) in [5.41, 5.74) is 9.20. The standard InChI is InChI=1S/C9H12O.C8H10O.C2H6.CH5N/c1-8-3-5-9(6-4-8)7-10-2;1-7-3-2-4-8(5-7)6-9;2*1-2/h3-6H,7H2,1-2H3;2-5,9H,6H2,1H3;1-2H3;2H2,1H3. The van der Waals surface area contributed by atoms with Crippen molar-refractivity contribution in [3.05, 3.63) is 70.8 Å². The Labute approximate surface area is 142 Å². The van der Waals surface area contributed by atoms with Crippen LogP contribution in [0.1, 0.15) is 36.1 Å². The zero-order chi connectivity index (χ0) is 18.1. The third-order valence-electron chi connectivity index (χ3n) is 2.70. The van der Waals surface area contributed by atoms with Crippen LogP contribution in [0.25, 0.3) is 0 Å². The van der Waals surface area contributed by atoms with Gasteiger partial charge in [-0.05, 0) is 32.0 Å². The number of ether oxygens (including phenoxy) is 1. The second-order valence-corrected chi connectivity index (χ2v) is 4.57. The lowest BCUT2D eigenvalue weighted by molar-refractivity contribution is 0.185. The molecule has 2 aromatic carbocycles. The molecule has 0 spiro atoms. The van der Waals surface area contributed by atoms with Gasteiger partial charge in [0.05, 0.1) is 13.2 Å². The van der Waals surface area contributed by atoms with Crippen molar-refractivity contribution in [2.45, 2.75) is 40.9 Å². The van der Waals surface area contributed by atoms with Crippen LogP contribution in [0, 0.1) is 13.8 Å². The summed E-state index contributed by atoms with van der Waals surface area (Å²) in [5.74, 6) is 0. The number of aryl methyl sites for hydroxylation is 2. The molecule has 0 heterocycles. The van der Waals surface area contributed by atoms with Crippen molar-refractivity contribution < 1.29 is 9.84 Å². The Hall–Kier alpha value is -1.68. The molecule has 0 saturated heterocycles. The molecule has 0 aromatic heterocycles. The lowest BCUT2D eigenvalue weighted by Crippen LogP contribution is -1.85. The van der Waals surface area contributed by atoms with Crippen molar-refractivity contribution >= 4 is 0 Å². The topological polar surface area (TPSA) is 55.5 Å². The molecule has 3 heteroatoms. The van der Waals surface area contributed by atoms with Crippen molar-refractivity contribution in [2.75, 3.05) is 14.2 Å². The van der Waals surface area contributed by atoms with Gasteiger partial charge in [-0.25, -0.2) is 0 Å². The van der Waals surface area contributed by atoms with E-state index in [1.54, 1.807) is 7.11 Å². The molecular formula is C20H33NO2. The Morgan fingerprint density at radius 2 is 1.43 bits per heavy atom. The van der Waals surface area contributed by atoms with Crippen LogP contribution in [0.15, 0.2) is 48.5 Å². The van der Waals surface area contributed by atoms with Crippen LogP contribution in [0.2, 0.25) is 0 Å². The summed E-state index contributed by atoms with van der Waals surface area (Å²) in [4.78, 5) is 0. The lowest BCUT2D eigenvalue weighted by Gasteiger charge is -1.98. The van der Waals surface area contributed by atoms with Gasteiger partial charge in [-0.2, -0.15) is 0 Å². The van der Waals surface area contributed by atoms with E-state index in [-0.39, 0.29) is 6.61 Å². The SMILES string of the molecule is CC.CN.COCc1ccc(C)cc1.Cc1cccc(CO)c1. The molecular weight excluding hydrogens is 286 g/mol. The third-order valence-corrected chi connectivity index (χ3v) is 2.70. The molecule has 3 nitrogen and oxygen atoms in total. The molecule has 23 heavy (non-hydrogen) atoms. The highest BCUT2D eigenvalue weighted by atomic mass is 16.5. The molecule has 130 valence electrons. The van der Waals surface area contributed by atoms with Crippen molar-refractivity contribution in [1.29, 1.82) is 0 Å². The molecule has 2 rings (SSSR count). The van der Waals surface area contributed by atoms with Gasteiger partial charge in [0.2, 0.25) is 0 Å². The van der Waals surface area contributed by atoms with Crippen LogP contribution in [0.5, 0.6) is 0 Å². The van der Waals surface area contributed by atoms with Gasteiger partial charge in [-0.15, -0.1) is 0 Å². The number of aliphatic hydroxyl groups is 1. The zero-order valence-corrected chi connectivity index (χ0v) is 15.5. The van der Waals surface area contributed by atoms with E-state index < -0.39 is 0 Å². The largest absolute Gasteiger partial charge is 0.392 e. The van der Waals surface area contributed by atoms with E-state index in [2.05, 4.69) is 36.9 Å². The van der Waals surface area contributed by atoms with Gasteiger partial charge >= 0.3 is 0 Å². The van der Waals surface area contributed by atoms with E-state index in [0.29, 0.717) is 6.61 Å². The van der Waals surface area contributed by atoms with Crippen molar-refractivity contribution in [3.8, 4) is 0 Å². The molecule has 0 radical (unpaired) electrons. The average molecular weight is 319 g/mol. The minimum atomic E-state index is 0.141. The van der Waals surface area contributed by atoms with Crippen LogP contribution in [0.4, 0.5) is 0 Å². The Bertz CT molecular complexity index is 481. The van der Waals surface area contributed by atoms with Gasteiger partial charge in [0.25, 0.3) is 0 Å². The fourth-order valence-corrected chi connectivity index (χ4v) is 1.66. The summed E-state index contributed by atoms with van der Waals surface area (Å²) in [6, 6.07) is 16.2. The fraction of sp³-hybridized carbons (Fsp3) is 0.400. The number of rotatable bonds is 3. The molecule has 0 saturated carbocycles. The quantitative estimate of drug-likeness (QED) is 0.890. The summed E-state index contributed by atoms with van der Waals surface area (Å²) in [7, 11) is 3.21. The molecule has 0 aliphatic carbocycles. The minimum Gasteiger partial charge on any atom is -0.392 e. The van der Waals surface area contributed by atoms with Crippen molar-refractivity contribution in [1.82, 2.24) is 0 Å². The zero-order valence-electron chi connectivity index (χ0n) is 15.5. The van der Waals surface area contributed by atoms with E-state index >= 15 is 0 Å². The second kappa shape index (κ2) is 16.7. The molecule has 0 amide bonds. The summed E-state index contributed by atoms with van der Waals surface area (Å²) >= 11 is 0. The molecule has 0 atom stereocenters. The van der Waals surface area contributed by atoms with Gasteiger partial charge in [-0.1, -0.05) is 73.5 Å². The molecule has 0 aliphatic rings. The summed E-state index contributed by atoms with van der Waals surface area (Å²) in [6.45, 7) is 8.94. The fourth-order valence-electron chi connectivity index (χ4n) is 1.66. The maximum atomic E-state index is 8.66. The number of hydrogen-bond donors (Lipinski definition) is 2. The van der Waals surface area contributed by atoms with Crippen molar-refractivity contribution in [2.24, 2.45) is 5.73 Å². The first kappa shape index (κ1) is 23.6. The molecule has 3 N–H and O–H groups in total.